The Hall–Kier alpha value is -2.29. The molecule has 0 radical (unpaired) electrons. The highest BCUT2D eigenvalue weighted by Crippen LogP contribution is 2.32. The molecule has 0 amide bonds. The second-order valence-corrected chi connectivity index (χ2v) is 3.89. The van der Waals surface area contributed by atoms with Crippen LogP contribution in [-0.2, 0) is 6.54 Å². The van der Waals surface area contributed by atoms with Gasteiger partial charge in [0.05, 0.1) is 17.2 Å². The lowest BCUT2D eigenvalue weighted by Crippen LogP contribution is -1.95. The average molecular weight is 265 g/mol. The van der Waals surface area contributed by atoms with E-state index in [2.05, 4.69) is 5.10 Å². The lowest BCUT2D eigenvalue weighted by Gasteiger charge is -2.03. The van der Waals surface area contributed by atoms with Crippen LogP contribution in [0.3, 0.4) is 0 Å². The second kappa shape index (κ2) is 5.14. The molecule has 0 saturated carbocycles. The fourth-order valence-electron chi connectivity index (χ4n) is 1.78. The van der Waals surface area contributed by atoms with Crippen LogP contribution in [0.4, 0.5) is 13.2 Å². The van der Waals surface area contributed by atoms with Crippen molar-refractivity contribution in [2.45, 2.75) is 19.9 Å². The Morgan fingerprint density at radius 3 is 2.74 bits per heavy atom. The molecule has 1 aromatic heterocycles. The number of nitrogens with zero attached hydrogens (tertiary/aromatic N) is 3. The lowest BCUT2D eigenvalue weighted by atomic mass is 10.0. The molecular weight excluding hydrogens is 255 g/mol. The molecular formula is C13H10F3N3. The van der Waals surface area contributed by atoms with Crippen LogP contribution in [0.15, 0.2) is 24.4 Å². The van der Waals surface area contributed by atoms with Crippen LogP contribution in [0.2, 0.25) is 0 Å². The minimum absolute atomic E-state index is 0.0109. The number of halogens is 3. The summed E-state index contributed by atoms with van der Waals surface area (Å²) in [6.07, 6.45) is -1.46. The van der Waals surface area contributed by atoms with Gasteiger partial charge in [-0.2, -0.15) is 10.4 Å². The van der Waals surface area contributed by atoms with Gasteiger partial charge in [-0.1, -0.05) is 0 Å². The minimum Gasteiger partial charge on any atom is -0.272 e. The molecule has 0 atom stereocenters. The van der Waals surface area contributed by atoms with Crippen molar-refractivity contribution in [2.24, 2.45) is 0 Å². The summed E-state index contributed by atoms with van der Waals surface area (Å²) >= 11 is 0. The van der Waals surface area contributed by atoms with E-state index in [-0.39, 0.29) is 22.4 Å². The van der Waals surface area contributed by atoms with Crippen LogP contribution in [0.1, 0.15) is 24.5 Å². The van der Waals surface area contributed by atoms with E-state index in [1.165, 1.54) is 16.9 Å². The zero-order valence-electron chi connectivity index (χ0n) is 10.1. The second-order valence-electron chi connectivity index (χ2n) is 3.89. The number of hydrogen-bond donors (Lipinski definition) is 0. The molecule has 3 nitrogen and oxygen atoms in total. The number of aromatic nitrogens is 2. The molecule has 0 saturated heterocycles. The van der Waals surface area contributed by atoms with Gasteiger partial charge in [-0.15, -0.1) is 0 Å². The molecule has 98 valence electrons. The smallest absolute Gasteiger partial charge is 0.267 e. The highest BCUT2D eigenvalue weighted by atomic mass is 19.3. The average Bonchev–Trinajstić information content (AvgIpc) is 2.82. The normalized spacial score (nSPS) is 10.7. The number of rotatable bonds is 3. The third kappa shape index (κ3) is 2.45. The third-order valence-electron chi connectivity index (χ3n) is 2.71. The Morgan fingerprint density at radius 2 is 2.16 bits per heavy atom. The summed E-state index contributed by atoms with van der Waals surface area (Å²) in [5.74, 6) is -0.589. The SMILES string of the molecule is CCn1cc(C(F)F)c(-c2ccc(F)cc2C#N)n1. The molecule has 0 unspecified atom stereocenters. The number of alkyl halides is 2. The summed E-state index contributed by atoms with van der Waals surface area (Å²) in [6, 6.07) is 5.22. The van der Waals surface area contributed by atoms with E-state index in [0.29, 0.717) is 6.54 Å². The highest BCUT2D eigenvalue weighted by Gasteiger charge is 2.21. The van der Waals surface area contributed by atoms with Gasteiger partial charge in [0.1, 0.15) is 11.5 Å². The Morgan fingerprint density at radius 1 is 1.42 bits per heavy atom. The van der Waals surface area contributed by atoms with Gasteiger partial charge in [0.15, 0.2) is 0 Å². The summed E-state index contributed by atoms with van der Waals surface area (Å²) in [7, 11) is 0. The van der Waals surface area contributed by atoms with Gasteiger partial charge < -0.3 is 0 Å². The maximum Gasteiger partial charge on any atom is 0.267 e. The van der Waals surface area contributed by atoms with Crippen LogP contribution in [0.25, 0.3) is 11.3 Å². The molecule has 0 fully saturated rings. The van der Waals surface area contributed by atoms with Gasteiger partial charge in [0, 0.05) is 18.3 Å². The van der Waals surface area contributed by atoms with E-state index in [4.69, 9.17) is 5.26 Å². The molecule has 1 aromatic carbocycles. The molecule has 0 N–H and O–H groups in total. The molecule has 1 heterocycles. The van der Waals surface area contributed by atoms with Crippen molar-refractivity contribution < 1.29 is 13.2 Å². The van der Waals surface area contributed by atoms with Crippen molar-refractivity contribution in [3.05, 3.63) is 41.3 Å². The van der Waals surface area contributed by atoms with Crippen LogP contribution in [0, 0.1) is 17.1 Å². The molecule has 0 bridgehead atoms. The minimum atomic E-state index is -2.70. The lowest BCUT2D eigenvalue weighted by molar-refractivity contribution is 0.152. The molecule has 0 aliphatic rings. The first kappa shape index (κ1) is 13.1. The Bertz CT molecular complexity index is 641. The van der Waals surface area contributed by atoms with Crippen LogP contribution < -0.4 is 0 Å². The van der Waals surface area contributed by atoms with Crippen LogP contribution in [0.5, 0.6) is 0 Å². The fourth-order valence-corrected chi connectivity index (χ4v) is 1.78. The van der Waals surface area contributed by atoms with Crippen LogP contribution in [-0.4, -0.2) is 9.78 Å². The summed E-state index contributed by atoms with van der Waals surface area (Å²) < 4.78 is 40.4. The summed E-state index contributed by atoms with van der Waals surface area (Å²) in [5.41, 5.74) is -0.0342. The van der Waals surface area contributed by atoms with Gasteiger partial charge in [0.25, 0.3) is 6.43 Å². The summed E-state index contributed by atoms with van der Waals surface area (Å²) in [5, 5.41) is 13.0. The van der Waals surface area contributed by atoms with Crippen LogP contribution >= 0.6 is 0 Å². The van der Waals surface area contributed by atoms with Gasteiger partial charge in [-0.3, -0.25) is 4.68 Å². The van der Waals surface area contributed by atoms with E-state index in [0.717, 1.165) is 12.1 Å². The molecule has 19 heavy (non-hydrogen) atoms. The van der Waals surface area contributed by atoms with Crippen molar-refractivity contribution in [1.29, 1.82) is 5.26 Å². The molecule has 0 aliphatic carbocycles. The maximum absolute atomic E-state index is 13.1. The first-order valence-electron chi connectivity index (χ1n) is 5.62. The fraction of sp³-hybridized carbons (Fsp3) is 0.231. The van der Waals surface area contributed by atoms with Crippen molar-refractivity contribution in [3.8, 4) is 17.3 Å². The molecule has 0 spiro atoms. The van der Waals surface area contributed by atoms with Crippen molar-refractivity contribution in [1.82, 2.24) is 9.78 Å². The van der Waals surface area contributed by atoms with Gasteiger partial charge in [-0.05, 0) is 25.1 Å². The topological polar surface area (TPSA) is 41.6 Å². The monoisotopic (exact) mass is 265 g/mol. The number of nitriles is 1. The van der Waals surface area contributed by atoms with E-state index < -0.39 is 12.2 Å². The zero-order chi connectivity index (χ0) is 14.0. The first-order valence-corrected chi connectivity index (χ1v) is 5.62. The number of aryl methyl sites for hydroxylation is 1. The van der Waals surface area contributed by atoms with Gasteiger partial charge in [0.2, 0.25) is 0 Å². The standard InChI is InChI=1S/C13H10F3N3/c1-2-19-7-11(13(15)16)12(18-19)10-4-3-9(14)5-8(10)6-17/h3-5,7,13H,2H2,1H3. The molecule has 6 heteroatoms. The highest BCUT2D eigenvalue weighted by molar-refractivity contribution is 5.70. The Balaban J connectivity index is 2.65. The third-order valence-corrected chi connectivity index (χ3v) is 2.71. The number of hydrogen-bond acceptors (Lipinski definition) is 2. The predicted octanol–water partition coefficient (Wildman–Crippen LogP) is 3.52. The predicted molar refractivity (Wildman–Crippen MR) is 63.0 cm³/mol. The van der Waals surface area contributed by atoms with E-state index in [1.54, 1.807) is 13.0 Å². The van der Waals surface area contributed by atoms with Crippen molar-refractivity contribution in [2.75, 3.05) is 0 Å². The summed E-state index contributed by atoms with van der Waals surface area (Å²) in [4.78, 5) is 0. The van der Waals surface area contributed by atoms with E-state index >= 15 is 0 Å². The summed E-state index contributed by atoms with van der Waals surface area (Å²) in [6.45, 7) is 2.20. The molecule has 0 aliphatic heterocycles. The largest absolute Gasteiger partial charge is 0.272 e. The number of benzene rings is 1. The van der Waals surface area contributed by atoms with Crippen molar-refractivity contribution in [3.63, 3.8) is 0 Å². The Labute approximate surface area is 107 Å². The molecule has 2 aromatic rings. The first-order chi connectivity index (χ1) is 9.06. The Kier molecular flexibility index (Phi) is 3.56. The van der Waals surface area contributed by atoms with E-state index in [1.807, 2.05) is 0 Å². The van der Waals surface area contributed by atoms with Gasteiger partial charge in [-0.25, -0.2) is 13.2 Å². The van der Waals surface area contributed by atoms with Crippen molar-refractivity contribution >= 4 is 0 Å². The van der Waals surface area contributed by atoms with E-state index in [9.17, 15) is 13.2 Å². The quantitative estimate of drug-likeness (QED) is 0.852. The maximum atomic E-state index is 13.1. The zero-order valence-corrected chi connectivity index (χ0v) is 10.1. The molecule has 2 rings (SSSR count). The van der Waals surface area contributed by atoms with Gasteiger partial charge >= 0.3 is 0 Å².